The Morgan fingerprint density at radius 1 is 1.18 bits per heavy atom. The van der Waals surface area contributed by atoms with Gasteiger partial charge >= 0.3 is 5.97 Å². The van der Waals surface area contributed by atoms with Gasteiger partial charge in [0, 0.05) is 10.5 Å². The van der Waals surface area contributed by atoms with Crippen molar-refractivity contribution in [1.82, 2.24) is 0 Å². The molecule has 0 spiro atoms. The van der Waals surface area contributed by atoms with Crippen molar-refractivity contribution in [3.63, 3.8) is 0 Å². The maximum Gasteiger partial charge on any atom is 0.346 e. The van der Waals surface area contributed by atoms with Gasteiger partial charge in [-0.1, -0.05) is 22.0 Å². The maximum atomic E-state index is 13.8. The summed E-state index contributed by atoms with van der Waals surface area (Å²) in [4.78, 5) is 11.3. The van der Waals surface area contributed by atoms with Gasteiger partial charge in [0.1, 0.15) is 11.5 Å². The van der Waals surface area contributed by atoms with Crippen molar-refractivity contribution in [1.29, 1.82) is 0 Å². The van der Waals surface area contributed by atoms with Crippen molar-refractivity contribution < 1.29 is 23.4 Å². The fourth-order valence-electron chi connectivity index (χ4n) is 1.71. The van der Waals surface area contributed by atoms with Crippen LogP contribution in [0.3, 0.4) is 0 Å². The molecule has 116 valence electrons. The Hall–Kier alpha value is -2.08. The summed E-state index contributed by atoms with van der Waals surface area (Å²) in [6.45, 7) is 1.58. The van der Waals surface area contributed by atoms with Crippen LogP contribution in [0.5, 0.6) is 17.2 Å². The molecular formula is C16H14BrFO4. The average Bonchev–Trinajstić information content (AvgIpc) is 2.49. The molecule has 22 heavy (non-hydrogen) atoms. The molecule has 0 amide bonds. The second-order valence-electron chi connectivity index (χ2n) is 4.43. The van der Waals surface area contributed by atoms with Gasteiger partial charge in [0.25, 0.3) is 0 Å². The molecule has 2 aromatic rings. The predicted octanol–water partition coefficient (Wildman–Crippen LogP) is 4.32. The first-order valence-corrected chi connectivity index (χ1v) is 7.26. The van der Waals surface area contributed by atoms with Crippen molar-refractivity contribution in [2.24, 2.45) is 0 Å². The van der Waals surface area contributed by atoms with Crippen LogP contribution >= 0.6 is 15.9 Å². The topological polar surface area (TPSA) is 44.8 Å². The van der Waals surface area contributed by atoms with Gasteiger partial charge in [-0.05, 0) is 37.3 Å². The third kappa shape index (κ3) is 4.21. The molecule has 0 N–H and O–H groups in total. The van der Waals surface area contributed by atoms with E-state index < -0.39 is 17.9 Å². The standard InChI is InChI=1S/C16H14BrFO4/c1-10(16(19)20-2)21-12-4-3-5-13(9-12)22-15-7-6-11(17)8-14(15)18/h3-10H,1-2H3. The van der Waals surface area contributed by atoms with Crippen LogP contribution in [-0.4, -0.2) is 19.2 Å². The summed E-state index contributed by atoms with van der Waals surface area (Å²) in [5, 5.41) is 0. The zero-order chi connectivity index (χ0) is 16.1. The summed E-state index contributed by atoms with van der Waals surface area (Å²) in [6, 6.07) is 11.1. The Bertz CT molecular complexity index is 675. The van der Waals surface area contributed by atoms with E-state index in [0.717, 1.165) is 0 Å². The molecule has 0 radical (unpaired) electrons. The molecule has 2 rings (SSSR count). The summed E-state index contributed by atoms with van der Waals surface area (Å²) in [5.74, 6) is -0.0426. The van der Waals surface area contributed by atoms with E-state index in [4.69, 9.17) is 9.47 Å². The number of esters is 1. The molecule has 0 saturated carbocycles. The minimum atomic E-state index is -0.746. The highest BCUT2D eigenvalue weighted by Crippen LogP contribution is 2.29. The minimum absolute atomic E-state index is 0.0985. The van der Waals surface area contributed by atoms with Crippen LogP contribution in [0.4, 0.5) is 4.39 Å². The number of carbonyl (C=O) groups excluding carboxylic acids is 1. The third-order valence-electron chi connectivity index (χ3n) is 2.77. The molecule has 0 saturated heterocycles. The first kappa shape index (κ1) is 16.3. The number of carbonyl (C=O) groups is 1. The largest absolute Gasteiger partial charge is 0.479 e. The lowest BCUT2D eigenvalue weighted by molar-refractivity contribution is -0.147. The van der Waals surface area contributed by atoms with Crippen molar-refractivity contribution in [2.75, 3.05) is 7.11 Å². The van der Waals surface area contributed by atoms with Crippen molar-refractivity contribution >= 4 is 21.9 Å². The first-order valence-electron chi connectivity index (χ1n) is 6.47. The summed E-state index contributed by atoms with van der Waals surface area (Å²) in [5.41, 5.74) is 0. The van der Waals surface area contributed by atoms with Crippen LogP contribution in [0.25, 0.3) is 0 Å². The molecule has 0 heterocycles. The molecule has 0 aliphatic carbocycles. The highest BCUT2D eigenvalue weighted by molar-refractivity contribution is 9.10. The van der Waals surface area contributed by atoms with Crippen molar-refractivity contribution in [3.05, 3.63) is 52.8 Å². The Labute approximate surface area is 135 Å². The number of hydrogen-bond acceptors (Lipinski definition) is 4. The zero-order valence-corrected chi connectivity index (χ0v) is 13.6. The Morgan fingerprint density at radius 3 is 2.59 bits per heavy atom. The molecule has 1 unspecified atom stereocenters. The quantitative estimate of drug-likeness (QED) is 0.737. The monoisotopic (exact) mass is 368 g/mol. The summed E-state index contributed by atoms with van der Waals surface area (Å²) < 4.78 is 29.9. The molecule has 0 aliphatic heterocycles. The summed E-state index contributed by atoms with van der Waals surface area (Å²) in [6.07, 6.45) is -0.746. The number of halogens is 2. The van der Waals surface area contributed by atoms with E-state index in [1.54, 1.807) is 37.3 Å². The Morgan fingerprint density at radius 2 is 1.91 bits per heavy atom. The number of rotatable bonds is 5. The molecule has 0 fully saturated rings. The van der Waals surface area contributed by atoms with E-state index >= 15 is 0 Å². The Kier molecular flexibility index (Phi) is 5.38. The Balaban J connectivity index is 2.13. The van der Waals surface area contributed by atoms with Gasteiger partial charge in [0.05, 0.1) is 7.11 Å². The van der Waals surface area contributed by atoms with Gasteiger partial charge in [0.15, 0.2) is 17.7 Å². The molecule has 2 aromatic carbocycles. The van der Waals surface area contributed by atoms with Crippen LogP contribution < -0.4 is 9.47 Å². The van der Waals surface area contributed by atoms with Gasteiger partial charge in [-0.15, -0.1) is 0 Å². The SMILES string of the molecule is COC(=O)C(C)Oc1cccc(Oc2ccc(Br)cc2F)c1. The highest BCUT2D eigenvalue weighted by Gasteiger charge is 2.15. The van der Waals surface area contributed by atoms with Crippen LogP contribution in [0, 0.1) is 5.82 Å². The van der Waals surface area contributed by atoms with Crippen molar-refractivity contribution in [2.45, 2.75) is 13.0 Å². The molecule has 0 aliphatic rings. The molecule has 6 heteroatoms. The highest BCUT2D eigenvalue weighted by atomic mass is 79.9. The second kappa shape index (κ2) is 7.26. The van der Waals surface area contributed by atoms with Gasteiger partial charge in [-0.3, -0.25) is 0 Å². The van der Waals surface area contributed by atoms with E-state index in [-0.39, 0.29) is 5.75 Å². The van der Waals surface area contributed by atoms with Gasteiger partial charge in [-0.2, -0.15) is 0 Å². The summed E-state index contributed by atoms with van der Waals surface area (Å²) in [7, 11) is 1.29. The van der Waals surface area contributed by atoms with Crippen LogP contribution in [0.2, 0.25) is 0 Å². The minimum Gasteiger partial charge on any atom is -0.479 e. The average molecular weight is 369 g/mol. The molecule has 4 nitrogen and oxygen atoms in total. The van der Waals surface area contributed by atoms with Gasteiger partial charge < -0.3 is 14.2 Å². The summed E-state index contributed by atoms with van der Waals surface area (Å²) >= 11 is 3.18. The van der Waals surface area contributed by atoms with E-state index in [0.29, 0.717) is 16.0 Å². The number of benzene rings is 2. The van der Waals surface area contributed by atoms with Crippen LogP contribution in [0.1, 0.15) is 6.92 Å². The molecule has 1 atom stereocenters. The lowest BCUT2D eigenvalue weighted by Gasteiger charge is -2.13. The van der Waals surface area contributed by atoms with Crippen LogP contribution in [0.15, 0.2) is 46.9 Å². The zero-order valence-electron chi connectivity index (χ0n) is 12.0. The van der Waals surface area contributed by atoms with Crippen LogP contribution in [-0.2, 0) is 9.53 Å². The van der Waals surface area contributed by atoms with E-state index in [1.165, 1.54) is 19.2 Å². The van der Waals surface area contributed by atoms with E-state index in [2.05, 4.69) is 20.7 Å². The number of hydrogen-bond donors (Lipinski definition) is 0. The fraction of sp³-hybridized carbons (Fsp3) is 0.188. The number of ether oxygens (including phenoxy) is 3. The lowest BCUT2D eigenvalue weighted by atomic mass is 10.3. The van der Waals surface area contributed by atoms with Gasteiger partial charge in [0.2, 0.25) is 0 Å². The predicted molar refractivity (Wildman–Crippen MR) is 82.7 cm³/mol. The van der Waals surface area contributed by atoms with E-state index in [1.807, 2.05) is 0 Å². The van der Waals surface area contributed by atoms with Crippen molar-refractivity contribution in [3.8, 4) is 17.2 Å². The molecule has 0 aromatic heterocycles. The molecule has 0 bridgehead atoms. The maximum absolute atomic E-state index is 13.8. The number of methoxy groups -OCH3 is 1. The fourth-order valence-corrected chi connectivity index (χ4v) is 2.05. The first-order chi connectivity index (χ1) is 10.5. The van der Waals surface area contributed by atoms with Gasteiger partial charge in [-0.25, -0.2) is 9.18 Å². The lowest BCUT2D eigenvalue weighted by Crippen LogP contribution is -2.24. The normalized spacial score (nSPS) is 11.6. The molecular weight excluding hydrogens is 355 g/mol. The second-order valence-corrected chi connectivity index (χ2v) is 5.35. The third-order valence-corrected chi connectivity index (χ3v) is 3.27. The van der Waals surface area contributed by atoms with E-state index in [9.17, 15) is 9.18 Å². The smallest absolute Gasteiger partial charge is 0.346 e.